The zero-order valence-corrected chi connectivity index (χ0v) is 10.7. The summed E-state index contributed by atoms with van der Waals surface area (Å²) in [5.41, 5.74) is 4.22. The van der Waals surface area contributed by atoms with Gasteiger partial charge in [0.25, 0.3) is 5.56 Å². The fraction of sp³-hybridized carbons (Fsp3) is 0.357. The van der Waals surface area contributed by atoms with Crippen molar-refractivity contribution in [1.29, 1.82) is 0 Å². The number of nitrogens with one attached hydrogen (secondary N) is 1. The van der Waals surface area contributed by atoms with E-state index in [4.69, 9.17) is 0 Å². The zero-order chi connectivity index (χ0) is 12.6. The number of H-pyrrole nitrogens is 1. The van der Waals surface area contributed by atoms with Crippen molar-refractivity contribution in [2.24, 2.45) is 0 Å². The maximum Gasteiger partial charge on any atom is 0.271 e. The number of benzene rings is 1. The standard InChI is InChI=1S/C14H18N2O/c1-9(2)12-8-14(17)16(15-12)13-7-5-6-10(3)11(13)4/h5-9,15H,1-4H3. The Balaban J connectivity index is 2.61. The van der Waals surface area contributed by atoms with E-state index in [1.54, 1.807) is 10.7 Å². The first-order valence-corrected chi connectivity index (χ1v) is 5.89. The second-order valence-electron chi connectivity index (χ2n) is 4.76. The monoisotopic (exact) mass is 230 g/mol. The smallest absolute Gasteiger partial charge is 0.271 e. The van der Waals surface area contributed by atoms with Crippen molar-refractivity contribution in [2.45, 2.75) is 33.6 Å². The molecule has 0 bridgehead atoms. The summed E-state index contributed by atoms with van der Waals surface area (Å²) in [6.45, 7) is 8.22. The van der Waals surface area contributed by atoms with Crippen LogP contribution >= 0.6 is 0 Å². The van der Waals surface area contributed by atoms with E-state index >= 15 is 0 Å². The summed E-state index contributed by atoms with van der Waals surface area (Å²) in [5.74, 6) is 0.328. The van der Waals surface area contributed by atoms with E-state index in [0.29, 0.717) is 5.92 Å². The van der Waals surface area contributed by atoms with Gasteiger partial charge in [-0.05, 0) is 37.0 Å². The largest absolute Gasteiger partial charge is 0.295 e. The highest BCUT2D eigenvalue weighted by Gasteiger charge is 2.10. The van der Waals surface area contributed by atoms with Crippen molar-refractivity contribution in [3.8, 4) is 5.69 Å². The van der Waals surface area contributed by atoms with Crippen molar-refractivity contribution in [3.63, 3.8) is 0 Å². The molecule has 1 aromatic carbocycles. The molecule has 90 valence electrons. The van der Waals surface area contributed by atoms with E-state index in [-0.39, 0.29) is 5.56 Å². The van der Waals surface area contributed by atoms with Crippen molar-refractivity contribution in [2.75, 3.05) is 0 Å². The Hall–Kier alpha value is -1.77. The van der Waals surface area contributed by atoms with Gasteiger partial charge < -0.3 is 0 Å². The molecule has 0 fully saturated rings. The molecule has 0 aliphatic carbocycles. The molecule has 0 saturated carbocycles. The number of nitrogens with zero attached hydrogens (tertiary/aromatic N) is 1. The lowest BCUT2D eigenvalue weighted by Crippen LogP contribution is -2.14. The third kappa shape index (κ3) is 2.05. The van der Waals surface area contributed by atoms with E-state index in [2.05, 4.69) is 31.9 Å². The SMILES string of the molecule is Cc1cccc(-n2[nH]c(C(C)C)cc2=O)c1C. The lowest BCUT2D eigenvalue weighted by atomic mass is 10.1. The van der Waals surface area contributed by atoms with Gasteiger partial charge in [-0.1, -0.05) is 26.0 Å². The molecule has 17 heavy (non-hydrogen) atoms. The van der Waals surface area contributed by atoms with Crippen molar-refractivity contribution < 1.29 is 0 Å². The van der Waals surface area contributed by atoms with E-state index in [9.17, 15) is 4.79 Å². The fourth-order valence-corrected chi connectivity index (χ4v) is 1.87. The molecule has 0 amide bonds. The Morgan fingerprint density at radius 2 is 1.94 bits per heavy atom. The molecule has 2 rings (SSSR count). The normalized spacial score (nSPS) is 11.1. The first-order valence-electron chi connectivity index (χ1n) is 5.89. The van der Waals surface area contributed by atoms with Crippen LogP contribution in [0.5, 0.6) is 0 Å². The van der Waals surface area contributed by atoms with Crippen LogP contribution in [0.25, 0.3) is 5.69 Å². The molecule has 0 radical (unpaired) electrons. The molecule has 1 N–H and O–H groups in total. The van der Waals surface area contributed by atoms with Crippen LogP contribution in [0.3, 0.4) is 0 Å². The Morgan fingerprint density at radius 1 is 1.24 bits per heavy atom. The van der Waals surface area contributed by atoms with E-state index in [1.165, 1.54) is 5.56 Å². The van der Waals surface area contributed by atoms with Gasteiger partial charge in [0.2, 0.25) is 0 Å². The molecule has 2 aromatic rings. The van der Waals surface area contributed by atoms with Crippen LogP contribution in [0.4, 0.5) is 0 Å². The maximum absolute atomic E-state index is 11.9. The summed E-state index contributed by atoms with van der Waals surface area (Å²) in [6, 6.07) is 7.66. The van der Waals surface area contributed by atoms with E-state index in [1.807, 2.05) is 19.1 Å². The van der Waals surface area contributed by atoms with Gasteiger partial charge in [-0.2, -0.15) is 0 Å². The lowest BCUT2D eigenvalue weighted by molar-refractivity contribution is 0.757. The molecule has 0 unspecified atom stereocenters. The topological polar surface area (TPSA) is 37.8 Å². The van der Waals surface area contributed by atoms with Gasteiger partial charge >= 0.3 is 0 Å². The second kappa shape index (κ2) is 4.24. The van der Waals surface area contributed by atoms with Gasteiger partial charge in [-0.3, -0.25) is 9.89 Å². The Morgan fingerprint density at radius 3 is 2.53 bits per heavy atom. The Bertz CT molecular complexity index is 591. The molecule has 3 heteroatoms. The summed E-state index contributed by atoms with van der Waals surface area (Å²) in [5, 5.41) is 3.17. The first kappa shape index (κ1) is 11.7. The van der Waals surface area contributed by atoms with Crippen molar-refractivity contribution >= 4 is 0 Å². The van der Waals surface area contributed by atoms with Gasteiger partial charge in [0, 0.05) is 11.8 Å². The summed E-state index contributed by atoms with van der Waals surface area (Å²) >= 11 is 0. The molecule has 0 spiro atoms. The predicted octanol–water partition coefficient (Wildman–Crippen LogP) is 2.91. The quantitative estimate of drug-likeness (QED) is 0.846. The molecule has 0 aliphatic rings. The van der Waals surface area contributed by atoms with Crippen LogP contribution in [0, 0.1) is 13.8 Å². The molecule has 0 saturated heterocycles. The lowest BCUT2D eigenvalue weighted by Gasteiger charge is -2.09. The van der Waals surface area contributed by atoms with E-state index in [0.717, 1.165) is 16.9 Å². The molecular weight excluding hydrogens is 212 g/mol. The minimum atomic E-state index is 0.00222. The number of aromatic nitrogens is 2. The molecule has 0 aliphatic heterocycles. The number of hydrogen-bond donors (Lipinski definition) is 1. The van der Waals surface area contributed by atoms with Crippen molar-refractivity contribution in [1.82, 2.24) is 9.78 Å². The zero-order valence-electron chi connectivity index (χ0n) is 10.7. The molecular formula is C14H18N2O. The van der Waals surface area contributed by atoms with Crippen molar-refractivity contribution in [3.05, 3.63) is 51.4 Å². The summed E-state index contributed by atoms with van der Waals surface area (Å²) < 4.78 is 1.62. The maximum atomic E-state index is 11.9. The van der Waals surface area contributed by atoms with E-state index < -0.39 is 0 Å². The number of hydrogen-bond acceptors (Lipinski definition) is 1. The highest BCUT2D eigenvalue weighted by Crippen LogP contribution is 2.17. The third-order valence-corrected chi connectivity index (χ3v) is 3.18. The minimum Gasteiger partial charge on any atom is -0.295 e. The molecule has 3 nitrogen and oxygen atoms in total. The second-order valence-corrected chi connectivity index (χ2v) is 4.76. The van der Waals surface area contributed by atoms with Gasteiger partial charge in [0.05, 0.1) is 5.69 Å². The summed E-state index contributed by atoms with van der Waals surface area (Å²) in [7, 11) is 0. The fourth-order valence-electron chi connectivity index (χ4n) is 1.87. The van der Waals surface area contributed by atoms with Crippen LogP contribution in [0.2, 0.25) is 0 Å². The van der Waals surface area contributed by atoms with Crippen LogP contribution in [0.1, 0.15) is 36.6 Å². The molecule has 1 heterocycles. The van der Waals surface area contributed by atoms with Gasteiger partial charge in [0.15, 0.2) is 0 Å². The molecule has 1 aromatic heterocycles. The Labute approximate surface area is 101 Å². The average Bonchev–Trinajstić information content (AvgIpc) is 2.65. The van der Waals surface area contributed by atoms with Gasteiger partial charge in [-0.15, -0.1) is 0 Å². The average molecular weight is 230 g/mol. The van der Waals surface area contributed by atoms with Gasteiger partial charge in [0.1, 0.15) is 0 Å². The highest BCUT2D eigenvalue weighted by molar-refractivity contribution is 5.44. The summed E-state index contributed by atoms with van der Waals surface area (Å²) in [4.78, 5) is 11.9. The van der Waals surface area contributed by atoms with Crippen LogP contribution in [-0.2, 0) is 0 Å². The Kier molecular flexibility index (Phi) is 2.92. The number of rotatable bonds is 2. The highest BCUT2D eigenvalue weighted by atomic mass is 16.1. The predicted molar refractivity (Wildman–Crippen MR) is 70.0 cm³/mol. The van der Waals surface area contributed by atoms with Crippen LogP contribution in [0.15, 0.2) is 29.1 Å². The minimum absolute atomic E-state index is 0.00222. The first-order chi connectivity index (χ1) is 8.00. The van der Waals surface area contributed by atoms with Crippen LogP contribution < -0.4 is 5.56 Å². The number of aryl methyl sites for hydroxylation is 1. The summed E-state index contributed by atoms with van der Waals surface area (Å²) in [6.07, 6.45) is 0. The third-order valence-electron chi connectivity index (χ3n) is 3.18. The van der Waals surface area contributed by atoms with Crippen LogP contribution in [-0.4, -0.2) is 9.78 Å². The molecule has 0 atom stereocenters. The van der Waals surface area contributed by atoms with Gasteiger partial charge in [-0.25, -0.2) is 4.68 Å². The number of aromatic amines is 1.